The minimum absolute atomic E-state index is 0.322. The molecule has 2 aromatic heterocycles. The van der Waals surface area contributed by atoms with Gasteiger partial charge in [0, 0.05) is 37.2 Å². The monoisotopic (exact) mass is 488 g/mol. The highest BCUT2D eigenvalue weighted by atomic mass is 16.5. The average molecular weight is 489 g/mol. The first-order valence-electron chi connectivity index (χ1n) is 12.9. The molecule has 0 saturated carbocycles. The SMILES string of the molecule is CC1(C)CCc2ncc(Nc3ccnc(Nc4ccc(OCCCN5CCOCC5)cc4)n3)cc2C1. The molecule has 0 atom stereocenters. The molecule has 8 heteroatoms. The Bertz CT molecular complexity index is 1150. The maximum atomic E-state index is 5.91. The molecule has 5 rings (SSSR count). The Hall–Kier alpha value is -3.23. The molecule has 36 heavy (non-hydrogen) atoms. The largest absolute Gasteiger partial charge is 0.494 e. The topological polar surface area (TPSA) is 84.4 Å². The molecule has 190 valence electrons. The normalized spacial score (nSPS) is 17.3. The maximum absolute atomic E-state index is 5.91. The quantitative estimate of drug-likeness (QED) is 0.408. The average Bonchev–Trinajstić information content (AvgIpc) is 2.88. The third-order valence-electron chi connectivity index (χ3n) is 6.80. The summed E-state index contributed by atoms with van der Waals surface area (Å²) in [6.07, 6.45) is 7.93. The van der Waals surface area contributed by atoms with Gasteiger partial charge in [0.2, 0.25) is 5.95 Å². The number of anilines is 4. The second kappa shape index (κ2) is 11.2. The highest BCUT2D eigenvalue weighted by molar-refractivity contribution is 5.60. The molecule has 2 N–H and O–H groups in total. The van der Waals surface area contributed by atoms with Crippen molar-refractivity contribution in [1.29, 1.82) is 0 Å². The van der Waals surface area contributed by atoms with Gasteiger partial charge in [-0.2, -0.15) is 4.98 Å². The first-order valence-corrected chi connectivity index (χ1v) is 12.9. The number of fused-ring (bicyclic) bond motifs is 1. The Kier molecular flexibility index (Phi) is 7.63. The van der Waals surface area contributed by atoms with E-state index < -0.39 is 0 Å². The molecule has 3 heterocycles. The van der Waals surface area contributed by atoms with E-state index in [0.29, 0.717) is 18.0 Å². The van der Waals surface area contributed by atoms with Gasteiger partial charge in [0.15, 0.2) is 0 Å². The molecular weight excluding hydrogens is 452 g/mol. The van der Waals surface area contributed by atoms with Gasteiger partial charge in [-0.05, 0) is 73.1 Å². The van der Waals surface area contributed by atoms with Crippen molar-refractivity contribution in [3.8, 4) is 5.75 Å². The number of hydrogen-bond acceptors (Lipinski definition) is 8. The molecule has 0 spiro atoms. The van der Waals surface area contributed by atoms with Crippen molar-refractivity contribution >= 4 is 23.1 Å². The molecule has 1 aromatic carbocycles. The molecule has 3 aromatic rings. The van der Waals surface area contributed by atoms with E-state index in [1.165, 1.54) is 17.7 Å². The summed E-state index contributed by atoms with van der Waals surface area (Å²) in [6, 6.07) is 12.0. The Morgan fingerprint density at radius 1 is 1.03 bits per heavy atom. The zero-order valence-corrected chi connectivity index (χ0v) is 21.3. The minimum atomic E-state index is 0.322. The van der Waals surface area contributed by atoms with Crippen LogP contribution in [0.25, 0.3) is 0 Å². The number of rotatable bonds is 9. The summed E-state index contributed by atoms with van der Waals surface area (Å²) in [5.41, 5.74) is 4.72. The Morgan fingerprint density at radius 3 is 2.69 bits per heavy atom. The van der Waals surface area contributed by atoms with Crippen LogP contribution in [-0.4, -0.2) is 59.3 Å². The van der Waals surface area contributed by atoms with Crippen molar-refractivity contribution in [3.05, 3.63) is 60.0 Å². The summed E-state index contributed by atoms with van der Waals surface area (Å²) in [5, 5.41) is 6.66. The molecule has 1 aliphatic carbocycles. The van der Waals surface area contributed by atoms with Gasteiger partial charge in [-0.25, -0.2) is 4.98 Å². The fourth-order valence-electron chi connectivity index (χ4n) is 4.75. The number of pyridine rings is 1. The van der Waals surface area contributed by atoms with Gasteiger partial charge in [0.25, 0.3) is 0 Å². The smallest absolute Gasteiger partial charge is 0.229 e. The van der Waals surface area contributed by atoms with Crippen LogP contribution < -0.4 is 15.4 Å². The minimum Gasteiger partial charge on any atom is -0.494 e. The zero-order valence-electron chi connectivity index (χ0n) is 21.3. The van der Waals surface area contributed by atoms with E-state index in [2.05, 4.69) is 50.4 Å². The van der Waals surface area contributed by atoms with E-state index in [1.54, 1.807) is 6.20 Å². The standard InChI is InChI=1S/C28H36N6O2/c1-28(2)10-8-25-21(19-28)18-23(20-30-25)31-26-9-11-29-27(33-26)32-22-4-6-24(7-5-22)36-15-3-12-34-13-16-35-17-14-34/h4-7,9,11,18,20H,3,8,10,12-17,19H2,1-2H3,(H2,29,31,32,33). The molecule has 1 fully saturated rings. The number of nitrogens with one attached hydrogen (secondary N) is 2. The van der Waals surface area contributed by atoms with Crippen LogP contribution in [0.4, 0.5) is 23.1 Å². The zero-order chi connectivity index (χ0) is 24.8. The van der Waals surface area contributed by atoms with Crippen molar-refractivity contribution in [2.75, 3.05) is 50.1 Å². The second-order valence-corrected chi connectivity index (χ2v) is 10.4. The summed E-state index contributed by atoms with van der Waals surface area (Å²) in [7, 11) is 0. The number of nitrogens with zero attached hydrogens (tertiary/aromatic N) is 4. The van der Waals surface area contributed by atoms with Gasteiger partial charge in [0.1, 0.15) is 11.6 Å². The molecule has 1 saturated heterocycles. The molecule has 0 bridgehead atoms. The van der Waals surface area contributed by atoms with Gasteiger partial charge in [0.05, 0.1) is 31.7 Å². The van der Waals surface area contributed by atoms with Gasteiger partial charge in [-0.15, -0.1) is 0 Å². The van der Waals surface area contributed by atoms with Crippen molar-refractivity contribution in [1.82, 2.24) is 19.9 Å². The highest BCUT2D eigenvalue weighted by Gasteiger charge is 2.26. The van der Waals surface area contributed by atoms with Crippen LogP contribution in [-0.2, 0) is 17.6 Å². The fraction of sp³-hybridized carbons (Fsp3) is 0.464. The van der Waals surface area contributed by atoms with E-state index in [4.69, 9.17) is 9.47 Å². The summed E-state index contributed by atoms with van der Waals surface area (Å²) in [4.78, 5) is 16.1. The van der Waals surface area contributed by atoms with E-state index in [1.807, 2.05) is 36.5 Å². The first-order chi connectivity index (χ1) is 17.5. The molecule has 0 unspecified atom stereocenters. The Morgan fingerprint density at radius 2 is 1.86 bits per heavy atom. The van der Waals surface area contributed by atoms with Crippen LogP contribution in [0.3, 0.4) is 0 Å². The molecule has 2 aliphatic rings. The number of aromatic nitrogens is 3. The first kappa shape index (κ1) is 24.5. The summed E-state index contributed by atoms with van der Waals surface area (Å²) in [5.74, 6) is 2.12. The predicted octanol–water partition coefficient (Wildman–Crippen LogP) is 4.97. The summed E-state index contributed by atoms with van der Waals surface area (Å²) < 4.78 is 11.3. The molecule has 1 aliphatic heterocycles. The van der Waals surface area contributed by atoms with Crippen LogP contribution in [0.1, 0.15) is 37.9 Å². The Balaban J connectivity index is 1.13. The predicted molar refractivity (Wildman–Crippen MR) is 142 cm³/mol. The lowest BCUT2D eigenvalue weighted by Crippen LogP contribution is -2.37. The maximum Gasteiger partial charge on any atom is 0.229 e. The number of aryl methyl sites for hydroxylation is 1. The lowest BCUT2D eigenvalue weighted by Gasteiger charge is -2.30. The van der Waals surface area contributed by atoms with Gasteiger partial charge >= 0.3 is 0 Å². The lowest BCUT2D eigenvalue weighted by atomic mass is 9.76. The van der Waals surface area contributed by atoms with Crippen molar-refractivity contribution in [3.63, 3.8) is 0 Å². The van der Waals surface area contributed by atoms with Crippen molar-refractivity contribution in [2.24, 2.45) is 5.41 Å². The number of morpholine rings is 1. The third kappa shape index (κ3) is 6.71. The summed E-state index contributed by atoms with van der Waals surface area (Å²) in [6.45, 7) is 10.1. The van der Waals surface area contributed by atoms with Gasteiger partial charge in [-0.3, -0.25) is 9.88 Å². The number of ether oxygens (including phenoxy) is 2. The van der Waals surface area contributed by atoms with E-state index >= 15 is 0 Å². The molecule has 8 nitrogen and oxygen atoms in total. The number of hydrogen-bond donors (Lipinski definition) is 2. The molecule has 0 radical (unpaired) electrons. The fourth-order valence-corrected chi connectivity index (χ4v) is 4.75. The van der Waals surface area contributed by atoms with Crippen LogP contribution >= 0.6 is 0 Å². The van der Waals surface area contributed by atoms with Gasteiger partial charge in [-0.1, -0.05) is 13.8 Å². The highest BCUT2D eigenvalue weighted by Crippen LogP contribution is 2.35. The van der Waals surface area contributed by atoms with E-state index in [-0.39, 0.29) is 0 Å². The number of benzene rings is 1. The molecular formula is C28H36N6O2. The summed E-state index contributed by atoms with van der Waals surface area (Å²) >= 11 is 0. The third-order valence-corrected chi connectivity index (χ3v) is 6.80. The van der Waals surface area contributed by atoms with Crippen molar-refractivity contribution in [2.45, 2.75) is 39.5 Å². The molecule has 0 amide bonds. The van der Waals surface area contributed by atoms with Crippen LogP contribution in [0, 0.1) is 5.41 Å². The van der Waals surface area contributed by atoms with E-state index in [0.717, 1.165) is 75.1 Å². The Labute approximate surface area is 213 Å². The van der Waals surface area contributed by atoms with E-state index in [9.17, 15) is 0 Å². The second-order valence-electron chi connectivity index (χ2n) is 10.4. The lowest BCUT2D eigenvalue weighted by molar-refractivity contribution is 0.0358. The van der Waals surface area contributed by atoms with Gasteiger partial charge < -0.3 is 20.1 Å². The van der Waals surface area contributed by atoms with Crippen LogP contribution in [0.15, 0.2) is 48.8 Å². The van der Waals surface area contributed by atoms with Crippen LogP contribution in [0.2, 0.25) is 0 Å². The van der Waals surface area contributed by atoms with Crippen molar-refractivity contribution < 1.29 is 9.47 Å². The van der Waals surface area contributed by atoms with Crippen LogP contribution in [0.5, 0.6) is 5.75 Å².